The molecule has 0 aromatic carbocycles. The van der Waals surface area contributed by atoms with Crippen LogP contribution in [0.1, 0.15) is 47.1 Å². The molecule has 1 unspecified atom stereocenters. The molecule has 1 atom stereocenters. The minimum Gasteiger partial charge on any atom is -0.348 e. The average Bonchev–Trinajstić information content (AvgIpc) is 3.36. The Hall–Kier alpha value is -2.25. The number of hydrogen-bond donors (Lipinski definition) is 3. The summed E-state index contributed by atoms with van der Waals surface area (Å²) in [5.41, 5.74) is 2.66. The fourth-order valence-electron chi connectivity index (χ4n) is 3.80. The van der Waals surface area contributed by atoms with E-state index in [-0.39, 0.29) is 11.9 Å². The predicted molar refractivity (Wildman–Crippen MR) is 98.8 cm³/mol. The fraction of sp³-hybridized carbons (Fsp3) is 0.526. The molecular weight excluding hydrogens is 328 g/mol. The molecule has 3 N–H and O–H groups in total. The van der Waals surface area contributed by atoms with Crippen LogP contribution in [0.5, 0.6) is 0 Å². The lowest BCUT2D eigenvalue weighted by atomic mass is 10.0. The van der Waals surface area contributed by atoms with Crippen molar-refractivity contribution in [3.63, 3.8) is 0 Å². The number of nitrogens with zero attached hydrogens (tertiary/aromatic N) is 3. The van der Waals surface area contributed by atoms with Gasteiger partial charge in [0.2, 0.25) is 0 Å². The standard InChI is InChI=1S/C19H26N6O/c26-19(18-11-17(23-24-18)14-4-8-20-12-14)22-15-5-9-25(10-6-15)13-16-3-1-2-7-21-16/h1-3,7,11,14-15,20H,4-6,8-10,12-13H2,(H,22,26)(H,23,24). The Balaban J connectivity index is 1.25. The molecule has 7 heteroatoms. The lowest BCUT2D eigenvalue weighted by Crippen LogP contribution is -2.44. The van der Waals surface area contributed by atoms with Crippen LogP contribution in [0, 0.1) is 0 Å². The summed E-state index contributed by atoms with van der Waals surface area (Å²) >= 11 is 0. The number of H-pyrrole nitrogens is 1. The highest BCUT2D eigenvalue weighted by Crippen LogP contribution is 2.21. The molecule has 0 saturated carbocycles. The third-order valence-corrected chi connectivity index (χ3v) is 5.37. The molecule has 2 aliphatic rings. The number of aromatic amines is 1. The Morgan fingerprint density at radius 1 is 1.27 bits per heavy atom. The normalized spacial score (nSPS) is 21.8. The van der Waals surface area contributed by atoms with Crippen LogP contribution in [-0.2, 0) is 6.54 Å². The summed E-state index contributed by atoms with van der Waals surface area (Å²) in [5, 5.41) is 13.7. The Kier molecular flexibility index (Phi) is 5.26. The second-order valence-corrected chi connectivity index (χ2v) is 7.24. The third-order valence-electron chi connectivity index (χ3n) is 5.37. The van der Waals surface area contributed by atoms with E-state index in [9.17, 15) is 4.79 Å². The molecule has 26 heavy (non-hydrogen) atoms. The molecular formula is C19H26N6O. The van der Waals surface area contributed by atoms with E-state index in [4.69, 9.17) is 0 Å². The topological polar surface area (TPSA) is 85.9 Å². The van der Waals surface area contributed by atoms with Crippen LogP contribution in [0.25, 0.3) is 0 Å². The van der Waals surface area contributed by atoms with E-state index in [0.29, 0.717) is 11.6 Å². The second-order valence-electron chi connectivity index (χ2n) is 7.24. The van der Waals surface area contributed by atoms with E-state index in [1.54, 1.807) is 0 Å². The summed E-state index contributed by atoms with van der Waals surface area (Å²) in [7, 11) is 0. The molecule has 2 aromatic rings. The molecule has 2 aliphatic heterocycles. The van der Waals surface area contributed by atoms with Gasteiger partial charge < -0.3 is 10.6 Å². The Labute approximate surface area is 153 Å². The summed E-state index contributed by atoms with van der Waals surface area (Å²) in [5.74, 6) is 0.375. The Morgan fingerprint density at radius 2 is 2.15 bits per heavy atom. The van der Waals surface area contributed by atoms with Gasteiger partial charge in [-0.2, -0.15) is 5.10 Å². The molecule has 2 fully saturated rings. The predicted octanol–water partition coefficient (Wildman–Crippen LogP) is 1.28. The number of hydrogen-bond acceptors (Lipinski definition) is 5. The third kappa shape index (κ3) is 4.11. The van der Waals surface area contributed by atoms with Crippen LogP contribution >= 0.6 is 0 Å². The largest absolute Gasteiger partial charge is 0.348 e. The van der Waals surface area contributed by atoms with Crippen molar-refractivity contribution in [2.75, 3.05) is 26.2 Å². The average molecular weight is 354 g/mol. The number of piperidine rings is 1. The molecule has 2 aromatic heterocycles. The van der Waals surface area contributed by atoms with E-state index in [2.05, 4.69) is 36.8 Å². The molecule has 4 rings (SSSR count). The van der Waals surface area contributed by atoms with Crippen LogP contribution in [-0.4, -0.2) is 58.2 Å². The van der Waals surface area contributed by atoms with Crippen molar-refractivity contribution >= 4 is 5.91 Å². The van der Waals surface area contributed by atoms with Gasteiger partial charge >= 0.3 is 0 Å². The van der Waals surface area contributed by atoms with Gasteiger partial charge in [0.25, 0.3) is 5.91 Å². The second kappa shape index (κ2) is 7.97. The number of carbonyl (C=O) groups is 1. The fourth-order valence-corrected chi connectivity index (χ4v) is 3.80. The van der Waals surface area contributed by atoms with Crippen LogP contribution in [0.4, 0.5) is 0 Å². The highest BCUT2D eigenvalue weighted by atomic mass is 16.2. The van der Waals surface area contributed by atoms with Crippen molar-refractivity contribution in [3.8, 4) is 0 Å². The first-order valence-corrected chi connectivity index (χ1v) is 9.47. The first kappa shape index (κ1) is 17.2. The molecule has 138 valence electrons. The van der Waals surface area contributed by atoms with Crippen molar-refractivity contribution < 1.29 is 4.79 Å². The van der Waals surface area contributed by atoms with E-state index in [0.717, 1.165) is 63.4 Å². The zero-order valence-electron chi connectivity index (χ0n) is 14.9. The van der Waals surface area contributed by atoms with Gasteiger partial charge in [-0.05, 0) is 44.0 Å². The number of nitrogens with one attached hydrogen (secondary N) is 3. The zero-order valence-corrected chi connectivity index (χ0v) is 14.9. The van der Waals surface area contributed by atoms with Crippen molar-refractivity contribution in [2.24, 2.45) is 0 Å². The van der Waals surface area contributed by atoms with Crippen LogP contribution in [0.15, 0.2) is 30.5 Å². The van der Waals surface area contributed by atoms with Crippen LogP contribution in [0.2, 0.25) is 0 Å². The lowest BCUT2D eigenvalue weighted by Gasteiger charge is -2.31. The van der Waals surface area contributed by atoms with Gasteiger partial charge in [0.05, 0.1) is 5.69 Å². The molecule has 2 saturated heterocycles. The van der Waals surface area contributed by atoms with E-state index >= 15 is 0 Å². The molecule has 0 bridgehead atoms. The van der Waals surface area contributed by atoms with E-state index < -0.39 is 0 Å². The minimum absolute atomic E-state index is 0.0679. The van der Waals surface area contributed by atoms with Gasteiger partial charge in [0.1, 0.15) is 5.69 Å². The van der Waals surface area contributed by atoms with Crippen molar-refractivity contribution in [3.05, 3.63) is 47.5 Å². The number of pyridine rings is 1. The first-order valence-electron chi connectivity index (χ1n) is 9.47. The summed E-state index contributed by atoms with van der Waals surface area (Å²) < 4.78 is 0. The van der Waals surface area contributed by atoms with Gasteiger partial charge in [0, 0.05) is 50.0 Å². The zero-order chi connectivity index (χ0) is 17.8. The smallest absolute Gasteiger partial charge is 0.271 e. The van der Waals surface area contributed by atoms with Crippen molar-refractivity contribution in [1.29, 1.82) is 0 Å². The van der Waals surface area contributed by atoms with Crippen LogP contribution < -0.4 is 10.6 Å². The van der Waals surface area contributed by atoms with Gasteiger partial charge in [-0.1, -0.05) is 6.07 Å². The van der Waals surface area contributed by atoms with Crippen molar-refractivity contribution in [2.45, 2.75) is 37.8 Å². The van der Waals surface area contributed by atoms with E-state index in [1.165, 1.54) is 0 Å². The number of rotatable bonds is 5. The Bertz CT molecular complexity index is 717. The first-order chi connectivity index (χ1) is 12.8. The van der Waals surface area contributed by atoms with E-state index in [1.807, 2.05) is 24.4 Å². The molecule has 0 spiro atoms. The van der Waals surface area contributed by atoms with Gasteiger partial charge in [0.15, 0.2) is 0 Å². The quantitative estimate of drug-likeness (QED) is 0.753. The summed E-state index contributed by atoms with van der Waals surface area (Å²) in [6, 6.07) is 8.15. The summed E-state index contributed by atoms with van der Waals surface area (Å²) in [6.07, 6.45) is 4.85. The van der Waals surface area contributed by atoms with Crippen LogP contribution in [0.3, 0.4) is 0 Å². The van der Waals surface area contributed by atoms with Gasteiger partial charge in [-0.15, -0.1) is 0 Å². The summed E-state index contributed by atoms with van der Waals surface area (Å²) in [6.45, 7) is 4.81. The number of amides is 1. The minimum atomic E-state index is -0.0679. The molecule has 7 nitrogen and oxygen atoms in total. The van der Waals surface area contributed by atoms with Crippen molar-refractivity contribution in [1.82, 2.24) is 30.7 Å². The van der Waals surface area contributed by atoms with Gasteiger partial charge in [-0.25, -0.2) is 0 Å². The molecule has 0 aliphatic carbocycles. The maximum Gasteiger partial charge on any atom is 0.271 e. The SMILES string of the molecule is O=C(NC1CCN(Cc2ccccn2)CC1)c1cc(C2CCNC2)[nH]n1. The van der Waals surface area contributed by atoms with Gasteiger partial charge in [-0.3, -0.25) is 19.8 Å². The highest BCUT2D eigenvalue weighted by molar-refractivity contribution is 5.92. The highest BCUT2D eigenvalue weighted by Gasteiger charge is 2.24. The molecule has 0 radical (unpaired) electrons. The number of carbonyl (C=O) groups excluding carboxylic acids is 1. The number of likely N-dealkylation sites (tertiary alicyclic amines) is 1. The Morgan fingerprint density at radius 3 is 2.88 bits per heavy atom. The maximum absolute atomic E-state index is 12.5. The maximum atomic E-state index is 12.5. The molecule has 4 heterocycles. The monoisotopic (exact) mass is 354 g/mol. The lowest BCUT2D eigenvalue weighted by molar-refractivity contribution is 0.0903. The number of aromatic nitrogens is 3. The molecule has 1 amide bonds. The summed E-state index contributed by atoms with van der Waals surface area (Å²) in [4.78, 5) is 19.3.